The Morgan fingerprint density at radius 2 is 2.06 bits per heavy atom. The quantitative estimate of drug-likeness (QED) is 0.367. The summed E-state index contributed by atoms with van der Waals surface area (Å²) in [6.07, 6.45) is 10.8. The number of amides is 1. The Labute approximate surface area is 202 Å². The summed E-state index contributed by atoms with van der Waals surface area (Å²) in [5.74, 6) is 1.46. The van der Waals surface area contributed by atoms with Crippen molar-refractivity contribution in [2.24, 2.45) is 16.8 Å². The van der Waals surface area contributed by atoms with Gasteiger partial charge in [-0.3, -0.25) is 4.79 Å². The minimum atomic E-state index is 0.110. The van der Waals surface area contributed by atoms with Crippen LogP contribution >= 0.6 is 0 Å². The number of rotatable bonds is 11. The molecule has 0 radical (unpaired) electrons. The lowest BCUT2D eigenvalue weighted by molar-refractivity contribution is -0.131. The molecule has 9 heteroatoms. The number of aromatic nitrogens is 4. The zero-order valence-electron chi connectivity index (χ0n) is 20.7. The summed E-state index contributed by atoms with van der Waals surface area (Å²) >= 11 is 0. The van der Waals surface area contributed by atoms with E-state index in [9.17, 15) is 4.79 Å². The molecule has 0 aromatic carbocycles. The van der Waals surface area contributed by atoms with Crippen LogP contribution in [-0.2, 0) is 9.53 Å². The highest BCUT2D eigenvalue weighted by Gasteiger charge is 2.39. The molecule has 0 spiro atoms. The van der Waals surface area contributed by atoms with Gasteiger partial charge in [0.1, 0.15) is 6.33 Å². The van der Waals surface area contributed by atoms with Crippen molar-refractivity contribution in [1.82, 2.24) is 30.0 Å². The minimum absolute atomic E-state index is 0.110. The number of carbonyl (C=O) groups is 1. The maximum Gasteiger partial charge on any atom is 0.230 e. The standard InChI is InChI=1S/C25H37N7O2/c1-6-20(4)23(17-34-5)31-15-11-22(25(31)33)21-9-13-30(14-10-21)12-8-19(3)16-26-24(7-2)32-18-27-28-29-32/h6-7,16,18,21-22H,1,3,8-15,17H2,2,4-5H3/b23-20+,24-7+,26-16-. The highest BCUT2D eigenvalue weighted by Crippen LogP contribution is 2.35. The Morgan fingerprint density at radius 3 is 2.68 bits per heavy atom. The number of nitrogens with zero attached hydrogens (tertiary/aromatic N) is 7. The third-order valence-corrected chi connectivity index (χ3v) is 6.79. The average molecular weight is 468 g/mol. The third kappa shape index (κ3) is 6.36. The fraction of sp³-hybridized carbons (Fsp3) is 0.560. The first kappa shape index (κ1) is 25.7. The van der Waals surface area contributed by atoms with E-state index < -0.39 is 0 Å². The molecule has 1 unspecified atom stereocenters. The number of methoxy groups -OCH3 is 1. The molecule has 2 saturated heterocycles. The molecule has 2 aliphatic heterocycles. The zero-order valence-corrected chi connectivity index (χ0v) is 20.7. The van der Waals surface area contributed by atoms with Gasteiger partial charge >= 0.3 is 0 Å². The van der Waals surface area contributed by atoms with Gasteiger partial charge in [0.05, 0.1) is 6.61 Å². The lowest BCUT2D eigenvalue weighted by Crippen LogP contribution is -2.39. The molecule has 1 aromatic heterocycles. The van der Waals surface area contributed by atoms with E-state index in [2.05, 4.69) is 38.6 Å². The SMILES string of the molecule is C=C/C(C)=C(\COC)N1CCC(C2CCN(CCC(=C)/C=N\C(=C/C)n3cnnn3)CC2)C1=O. The third-order valence-electron chi connectivity index (χ3n) is 6.79. The monoisotopic (exact) mass is 467 g/mol. The second-order valence-corrected chi connectivity index (χ2v) is 8.90. The van der Waals surface area contributed by atoms with Crippen molar-refractivity contribution in [3.05, 3.63) is 48.5 Å². The number of likely N-dealkylation sites (tertiary alicyclic amines) is 2. The van der Waals surface area contributed by atoms with Gasteiger partial charge in [0.2, 0.25) is 5.91 Å². The van der Waals surface area contributed by atoms with Gasteiger partial charge in [-0.15, -0.1) is 5.10 Å². The van der Waals surface area contributed by atoms with Crippen molar-refractivity contribution in [3.63, 3.8) is 0 Å². The Hall–Kier alpha value is -2.91. The number of allylic oxidation sites excluding steroid dienone is 3. The van der Waals surface area contributed by atoms with Gasteiger partial charge in [-0.25, -0.2) is 4.99 Å². The molecule has 184 valence electrons. The van der Waals surface area contributed by atoms with Crippen LogP contribution in [0.1, 0.15) is 39.5 Å². The first-order valence-electron chi connectivity index (χ1n) is 11.9. The normalized spacial score (nSPS) is 21.4. The lowest BCUT2D eigenvalue weighted by atomic mass is 9.83. The highest BCUT2D eigenvalue weighted by atomic mass is 16.5. The summed E-state index contributed by atoms with van der Waals surface area (Å²) in [5, 5.41) is 11.1. The molecule has 3 rings (SSSR count). The second-order valence-electron chi connectivity index (χ2n) is 8.90. The predicted octanol–water partition coefficient (Wildman–Crippen LogP) is 3.18. The molecule has 2 aliphatic rings. The number of hydrogen-bond acceptors (Lipinski definition) is 7. The summed E-state index contributed by atoms with van der Waals surface area (Å²) in [4.78, 5) is 22.1. The number of carbonyl (C=O) groups excluding carboxylic acids is 1. The molecule has 0 aliphatic carbocycles. The fourth-order valence-electron chi connectivity index (χ4n) is 4.70. The molecular weight excluding hydrogens is 430 g/mol. The summed E-state index contributed by atoms with van der Waals surface area (Å²) in [6, 6.07) is 0. The summed E-state index contributed by atoms with van der Waals surface area (Å²) in [6.45, 7) is 16.1. The van der Waals surface area contributed by atoms with Crippen molar-refractivity contribution >= 4 is 17.9 Å². The molecule has 1 atom stereocenters. The van der Waals surface area contributed by atoms with Crippen LogP contribution in [0.25, 0.3) is 5.82 Å². The zero-order chi connectivity index (χ0) is 24.5. The van der Waals surface area contributed by atoms with E-state index in [-0.39, 0.29) is 11.8 Å². The first-order chi connectivity index (χ1) is 16.5. The molecule has 1 amide bonds. The van der Waals surface area contributed by atoms with Gasteiger partial charge in [-0.2, -0.15) is 4.68 Å². The molecular formula is C25H37N7O2. The Morgan fingerprint density at radius 1 is 1.29 bits per heavy atom. The van der Waals surface area contributed by atoms with Crippen LogP contribution in [0, 0.1) is 11.8 Å². The van der Waals surface area contributed by atoms with E-state index in [0.717, 1.165) is 68.7 Å². The van der Waals surface area contributed by atoms with Gasteiger partial charge in [0, 0.05) is 38.0 Å². The van der Waals surface area contributed by atoms with Crippen molar-refractivity contribution in [2.45, 2.75) is 39.5 Å². The Bertz CT molecular complexity index is 940. The molecule has 0 N–H and O–H groups in total. The number of hydrogen-bond donors (Lipinski definition) is 0. The number of ether oxygens (including phenoxy) is 1. The van der Waals surface area contributed by atoms with Crippen molar-refractivity contribution < 1.29 is 9.53 Å². The van der Waals surface area contributed by atoms with Gasteiger partial charge in [-0.1, -0.05) is 19.2 Å². The van der Waals surface area contributed by atoms with Gasteiger partial charge < -0.3 is 14.5 Å². The van der Waals surface area contributed by atoms with Crippen LogP contribution in [0.15, 0.2) is 53.5 Å². The highest BCUT2D eigenvalue weighted by molar-refractivity contribution is 5.83. The van der Waals surface area contributed by atoms with Crippen molar-refractivity contribution in [3.8, 4) is 0 Å². The molecule has 0 saturated carbocycles. The number of piperidine rings is 1. The summed E-state index contributed by atoms with van der Waals surface area (Å²) in [5.41, 5.74) is 2.92. The van der Waals surface area contributed by atoms with Crippen LogP contribution in [0.5, 0.6) is 0 Å². The molecule has 0 bridgehead atoms. The van der Waals surface area contributed by atoms with Crippen molar-refractivity contribution in [1.29, 1.82) is 0 Å². The number of tetrazole rings is 1. The van der Waals surface area contributed by atoms with Gasteiger partial charge in [-0.05, 0) is 86.2 Å². The van der Waals surface area contributed by atoms with E-state index in [1.54, 1.807) is 19.4 Å². The average Bonchev–Trinajstić information content (AvgIpc) is 3.52. The van der Waals surface area contributed by atoms with Crippen LogP contribution in [0.2, 0.25) is 0 Å². The maximum atomic E-state index is 13.2. The van der Waals surface area contributed by atoms with E-state index >= 15 is 0 Å². The van der Waals surface area contributed by atoms with E-state index in [4.69, 9.17) is 4.74 Å². The smallest absolute Gasteiger partial charge is 0.230 e. The Kier molecular flexibility index (Phi) is 9.47. The summed E-state index contributed by atoms with van der Waals surface area (Å²) in [7, 11) is 1.67. The van der Waals surface area contributed by atoms with Crippen molar-refractivity contribution in [2.75, 3.05) is 39.9 Å². The van der Waals surface area contributed by atoms with Crippen LogP contribution < -0.4 is 0 Å². The van der Waals surface area contributed by atoms with Crippen LogP contribution in [0.4, 0.5) is 0 Å². The molecule has 1 aromatic rings. The molecule has 3 heterocycles. The Balaban J connectivity index is 1.45. The van der Waals surface area contributed by atoms with Crippen LogP contribution in [-0.4, -0.2) is 82.0 Å². The van der Waals surface area contributed by atoms with Crippen LogP contribution in [0.3, 0.4) is 0 Å². The van der Waals surface area contributed by atoms with E-state index in [1.807, 2.05) is 24.8 Å². The van der Waals surface area contributed by atoms with Gasteiger partial charge in [0.25, 0.3) is 0 Å². The largest absolute Gasteiger partial charge is 0.378 e. The lowest BCUT2D eigenvalue weighted by Gasteiger charge is -2.34. The second kappa shape index (κ2) is 12.5. The minimum Gasteiger partial charge on any atom is -0.378 e. The topological polar surface area (TPSA) is 88.7 Å². The predicted molar refractivity (Wildman–Crippen MR) is 134 cm³/mol. The first-order valence-corrected chi connectivity index (χ1v) is 11.9. The van der Waals surface area contributed by atoms with Gasteiger partial charge in [0.15, 0.2) is 5.82 Å². The molecule has 9 nitrogen and oxygen atoms in total. The summed E-state index contributed by atoms with van der Waals surface area (Å²) < 4.78 is 6.87. The molecule has 34 heavy (non-hydrogen) atoms. The fourth-order valence-corrected chi connectivity index (χ4v) is 4.70. The number of aliphatic imine (C=N–C) groups is 1. The van der Waals surface area contributed by atoms with E-state index in [1.165, 1.54) is 11.0 Å². The maximum absolute atomic E-state index is 13.2. The van der Waals surface area contributed by atoms with E-state index in [0.29, 0.717) is 18.3 Å². The molecule has 2 fully saturated rings.